The third-order valence-electron chi connectivity index (χ3n) is 6.40. The summed E-state index contributed by atoms with van der Waals surface area (Å²) < 4.78 is 0. The number of hydrogen-bond donors (Lipinski definition) is 1. The lowest BCUT2D eigenvalue weighted by Gasteiger charge is -2.34. The minimum atomic E-state index is 0.618. The summed E-state index contributed by atoms with van der Waals surface area (Å²) >= 11 is 0. The van der Waals surface area contributed by atoms with Gasteiger partial charge >= 0.3 is 0 Å². The smallest absolute Gasteiger partial charge is 0.0423 e. The van der Waals surface area contributed by atoms with Crippen LogP contribution in [0, 0.1) is 23.7 Å². The lowest BCUT2D eigenvalue weighted by molar-refractivity contribution is 0.304. The second-order valence-electron chi connectivity index (χ2n) is 8.58. The van der Waals surface area contributed by atoms with Crippen molar-refractivity contribution in [2.75, 3.05) is 0 Å². The molecule has 1 heterocycles. The zero-order chi connectivity index (χ0) is 17.5. The molecule has 2 aliphatic rings. The van der Waals surface area contributed by atoms with Gasteiger partial charge in [-0.1, -0.05) is 66.2 Å². The maximum atomic E-state index is 4.70. The summed E-state index contributed by atoms with van der Waals surface area (Å²) in [6.07, 6.45) is 13.5. The first-order chi connectivity index (χ1) is 11.5. The SMILES string of the molecule is CCCCCCC(C)C1=C2CCC(C(C)C)CCCC2C(C)=NN1. The first-order valence-corrected chi connectivity index (χ1v) is 10.6. The third-order valence-corrected chi connectivity index (χ3v) is 6.40. The Labute approximate surface area is 150 Å². The molecule has 0 amide bonds. The van der Waals surface area contributed by atoms with Crippen molar-refractivity contribution in [2.45, 2.75) is 98.8 Å². The minimum absolute atomic E-state index is 0.618. The van der Waals surface area contributed by atoms with E-state index in [2.05, 4.69) is 40.0 Å². The van der Waals surface area contributed by atoms with Crippen LogP contribution in [0.5, 0.6) is 0 Å². The molecule has 24 heavy (non-hydrogen) atoms. The summed E-state index contributed by atoms with van der Waals surface area (Å²) in [4.78, 5) is 0. The molecule has 1 N–H and O–H groups in total. The molecule has 0 saturated heterocycles. The number of hydrazone groups is 1. The first kappa shape index (κ1) is 19.5. The van der Waals surface area contributed by atoms with Crippen LogP contribution in [0.4, 0.5) is 0 Å². The van der Waals surface area contributed by atoms with E-state index < -0.39 is 0 Å². The molecular formula is C22H40N2. The van der Waals surface area contributed by atoms with Crippen LogP contribution < -0.4 is 5.43 Å². The van der Waals surface area contributed by atoms with Gasteiger partial charge in [-0.15, -0.1) is 0 Å². The van der Waals surface area contributed by atoms with Crippen molar-refractivity contribution in [2.24, 2.45) is 28.8 Å². The summed E-state index contributed by atoms with van der Waals surface area (Å²) in [6.45, 7) is 11.7. The monoisotopic (exact) mass is 332 g/mol. The maximum Gasteiger partial charge on any atom is 0.0423 e. The highest BCUT2D eigenvalue weighted by molar-refractivity contribution is 5.87. The van der Waals surface area contributed by atoms with Crippen LogP contribution in [-0.2, 0) is 0 Å². The molecule has 0 aromatic heterocycles. The molecular weight excluding hydrogens is 292 g/mol. The molecule has 0 radical (unpaired) electrons. The molecule has 1 fully saturated rings. The standard InChI is InChI=1S/C22H40N2/c1-6-7-8-9-11-17(4)22-21-15-14-19(16(2)3)12-10-13-20(21)18(5)23-24-22/h16-17,19-20,24H,6-15H2,1-5H3. The Hall–Kier alpha value is -0.790. The van der Waals surface area contributed by atoms with E-state index >= 15 is 0 Å². The van der Waals surface area contributed by atoms with Crippen LogP contribution in [0.1, 0.15) is 98.8 Å². The topological polar surface area (TPSA) is 24.4 Å². The molecule has 3 unspecified atom stereocenters. The van der Waals surface area contributed by atoms with Crippen LogP contribution in [0.2, 0.25) is 0 Å². The Bertz CT molecular complexity index is 447. The van der Waals surface area contributed by atoms with Gasteiger partial charge in [0, 0.05) is 17.3 Å². The van der Waals surface area contributed by atoms with E-state index in [-0.39, 0.29) is 0 Å². The van der Waals surface area contributed by atoms with E-state index in [0.717, 1.165) is 11.8 Å². The van der Waals surface area contributed by atoms with Crippen molar-refractivity contribution in [3.63, 3.8) is 0 Å². The van der Waals surface area contributed by atoms with Crippen molar-refractivity contribution in [1.82, 2.24) is 5.43 Å². The minimum Gasteiger partial charge on any atom is -0.282 e. The van der Waals surface area contributed by atoms with Crippen molar-refractivity contribution in [1.29, 1.82) is 0 Å². The fourth-order valence-corrected chi connectivity index (χ4v) is 4.61. The Kier molecular flexibility index (Phi) is 7.84. The highest BCUT2D eigenvalue weighted by atomic mass is 15.3. The van der Waals surface area contributed by atoms with Gasteiger partial charge in [0.05, 0.1) is 0 Å². The van der Waals surface area contributed by atoms with Gasteiger partial charge in [0.2, 0.25) is 0 Å². The number of hydrogen-bond acceptors (Lipinski definition) is 2. The predicted molar refractivity (Wildman–Crippen MR) is 106 cm³/mol. The van der Waals surface area contributed by atoms with Crippen molar-refractivity contribution in [3.8, 4) is 0 Å². The second-order valence-corrected chi connectivity index (χ2v) is 8.58. The van der Waals surface area contributed by atoms with E-state index in [1.54, 1.807) is 5.57 Å². The van der Waals surface area contributed by atoms with E-state index in [1.807, 2.05) is 0 Å². The van der Waals surface area contributed by atoms with Gasteiger partial charge < -0.3 is 0 Å². The molecule has 1 aliphatic heterocycles. The van der Waals surface area contributed by atoms with Crippen molar-refractivity contribution in [3.05, 3.63) is 11.3 Å². The van der Waals surface area contributed by atoms with Crippen LogP contribution in [0.25, 0.3) is 0 Å². The lowest BCUT2D eigenvalue weighted by Crippen LogP contribution is -2.31. The molecule has 1 aliphatic carbocycles. The summed E-state index contributed by atoms with van der Waals surface area (Å²) in [6, 6.07) is 0. The van der Waals surface area contributed by atoms with E-state index in [9.17, 15) is 0 Å². The molecule has 138 valence electrons. The van der Waals surface area contributed by atoms with Gasteiger partial charge in [-0.25, -0.2) is 0 Å². The van der Waals surface area contributed by atoms with Gasteiger partial charge in [-0.05, 0) is 55.9 Å². The maximum absolute atomic E-state index is 4.70. The second kappa shape index (κ2) is 9.63. The molecule has 2 heteroatoms. The number of unbranched alkanes of at least 4 members (excludes halogenated alkanes) is 3. The van der Waals surface area contributed by atoms with E-state index in [0.29, 0.717) is 11.8 Å². The molecule has 2 rings (SSSR count). The average Bonchev–Trinajstić information content (AvgIpc) is 2.52. The number of rotatable bonds is 7. The quantitative estimate of drug-likeness (QED) is 0.517. The average molecular weight is 333 g/mol. The van der Waals surface area contributed by atoms with Crippen LogP contribution in [0.3, 0.4) is 0 Å². The van der Waals surface area contributed by atoms with E-state index in [4.69, 9.17) is 5.10 Å². The van der Waals surface area contributed by atoms with Gasteiger partial charge in [0.1, 0.15) is 0 Å². The zero-order valence-corrected chi connectivity index (χ0v) is 16.8. The summed E-state index contributed by atoms with van der Waals surface area (Å²) in [5.41, 5.74) is 7.97. The van der Waals surface area contributed by atoms with Gasteiger partial charge in [-0.2, -0.15) is 5.10 Å². The first-order valence-electron chi connectivity index (χ1n) is 10.6. The largest absolute Gasteiger partial charge is 0.282 e. The highest BCUT2D eigenvalue weighted by Crippen LogP contribution is 2.38. The zero-order valence-electron chi connectivity index (χ0n) is 16.8. The lowest BCUT2D eigenvalue weighted by atomic mass is 9.75. The molecule has 2 nitrogen and oxygen atoms in total. The fourth-order valence-electron chi connectivity index (χ4n) is 4.61. The summed E-state index contributed by atoms with van der Waals surface area (Å²) in [7, 11) is 0. The summed E-state index contributed by atoms with van der Waals surface area (Å²) in [5.74, 6) is 2.97. The molecule has 0 aromatic rings. The van der Waals surface area contributed by atoms with Crippen molar-refractivity contribution < 1.29 is 0 Å². The number of nitrogens with one attached hydrogen (secondary N) is 1. The molecule has 1 saturated carbocycles. The number of fused-ring (bicyclic) bond motifs is 1. The fraction of sp³-hybridized carbons (Fsp3) is 0.864. The van der Waals surface area contributed by atoms with Crippen LogP contribution >= 0.6 is 0 Å². The molecule has 0 spiro atoms. The Morgan fingerprint density at radius 2 is 1.88 bits per heavy atom. The molecule has 0 bridgehead atoms. The number of nitrogens with zero attached hydrogens (tertiary/aromatic N) is 1. The predicted octanol–water partition coefficient (Wildman–Crippen LogP) is 6.68. The Balaban J connectivity index is 2.09. The third kappa shape index (κ3) is 5.10. The molecule has 3 atom stereocenters. The van der Waals surface area contributed by atoms with Gasteiger partial charge in [0.25, 0.3) is 0 Å². The normalized spacial score (nSPS) is 26.3. The molecule has 0 aromatic carbocycles. The van der Waals surface area contributed by atoms with Crippen LogP contribution in [0.15, 0.2) is 16.4 Å². The van der Waals surface area contributed by atoms with Gasteiger partial charge in [-0.3, -0.25) is 5.43 Å². The Morgan fingerprint density at radius 3 is 2.58 bits per heavy atom. The van der Waals surface area contributed by atoms with Gasteiger partial charge in [0.15, 0.2) is 0 Å². The Morgan fingerprint density at radius 1 is 1.08 bits per heavy atom. The number of allylic oxidation sites excluding steroid dienone is 2. The van der Waals surface area contributed by atoms with E-state index in [1.165, 1.54) is 75.6 Å². The highest BCUT2D eigenvalue weighted by Gasteiger charge is 2.30. The van der Waals surface area contributed by atoms with Crippen molar-refractivity contribution >= 4 is 5.71 Å². The summed E-state index contributed by atoms with van der Waals surface area (Å²) in [5, 5.41) is 4.70. The van der Waals surface area contributed by atoms with Crippen LogP contribution in [-0.4, -0.2) is 5.71 Å².